The van der Waals surface area contributed by atoms with Gasteiger partial charge in [0.2, 0.25) is 0 Å². The lowest BCUT2D eigenvalue weighted by Gasteiger charge is -2.37. The van der Waals surface area contributed by atoms with Crippen molar-refractivity contribution in [3.8, 4) is 11.5 Å². The summed E-state index contributed by atoms with van der Waals surface area (Å²) in [5, 5.41) is 5.87. The monoisotopic (exact) mass is 530 g/mol. The van der Waals surface area contributed by atoms with E-state index in [2.05, 4.69) is 10.6 Å². The van der Waals surface area contributed by atoms with Gasteiger partial charge in [-0.15, -0.1) is 0 Å². The Morgan fingerprint density at radius 2 is 1.74 bits per heavy atom. The number of anilines is 1. The predicted octanol–water partition coefficient (Wildman–Crippen LogP) is 5.98. The van der Waals surface area contributed by atoms with Gasteiger partial charge in [-0.05, 0) is 43.0 Å². The van der Waals surface area contributed by atoms with Crippen LogP contribution in [0.4, 0.5) is 14.5 Å². The van der Waals surface area contributed by atoms with Crippen molar-refractivity contribution in [1.82, 2.24) is 5.32 Å². The number of rotatable bonds is 6. The molecular weight excluding hydrogens is 502 g/mol. The zero-order chi connectivity index (χ0) is 27.7. The van der Waals surface area contributed by atoms with Crippen molar-refractivity contribution in [2.45, 2.75) is 31.6 Å². The third-order valence-corrected chi connectivity index (χ3v) is 7.27. The Morgan fingerprint density at radius 1 is 0.974 bits per heavy atom. The SMILES string of the molecule is COc1ccc([C@@H]2C(C(=O)Nc3ccc(F)cc3F)=C(C)NC3=C2C(=O)C[C@@H](c2ccccc2)C3)c(OC)c1. The smallest absolute Gasteiger partial charge is 0.254 e. The van der Waals surface area contributed by atoms with Crippen LogP contribution in [0.25, 0.3) is 0 Å². The van der Waals surface area contributed by atoms with Crippen LogP contribution in [0.1, 0.15) is 42.7 Å². The molecule has 0 radical (unpaired) electrons. The second-order valence-electron chi connectivity index (χ2n) is 9.61. The maximum atomic E-state index is 14.4. The largest absolute Gasteiger partial charge is 0.497 e. The van der Waals surface area contributed by atoms with Crippen LogP contribution in [0.5, 0.6) is 11.5 Å². The van der Waals surface area contributed by atoms with Crippen molar-refractivity contribution in [1.29, 1.82) is 0 Å². The van der Waals surface area contributed by atoms with Gasteiger partial charge in [-0.3, -0.25) is 9.59 Å². The number of nitrogens with one attached hydrogen (secondary N) is 2. The number of carbonyl (C=O) groups excluding carboxylic acids is 2. The Kier molecular flexibility index (Phi) is 7.19. The van der Waals surface area contributed by atoms with Crippen LogP contribution in [0.2, 0.25) is 0 Å². The maximum absolute atomic E-state index is 14.4. The molecular formula is C31H28F2N2O4. The summed E-state index contributed by atoms with van der Waals surface area (Å²) in [7, 11) is 3.04. The first kappa shape index (κ1) is 26.2. The van der Waals surface area contributed by atoms with E-state index < -0.39 is 23.5 Å². The van der Waals surface area contributed by atoms with Crippen molar-refractivity contribution in [3.63, 3.8) is 0 Å². The molecule has 0 unspecified atom stereocenters. The summed E-state index contributed by atoms with van der Waals surface area (Å²) in [6, 6.07) is 18.0. The fourth-order valence-electron chi connectivity index (χ4n) is 5.45. The number of methoxy groups -OCH3 is 2. The molecule has 200 valence electrons. The van der Waals surface area contributed by atoms with E-state index in [1.54, 1.807) is 25.1 Å². The highest BCUT2D eigenvalue weighted by Crippen LogP contribution is 2.48. The summed E-state index contributed by atoms with van der Waals surface area (Å²) >= 11 is 0. The highest BCUT2D eigenvalue weighted by Gasteiger charge is 2.42. The number of Topliss-reactive ketones (excluding diaryl/α,β-unsaturated/α-hetero) is 1. The number of ether oxygens (including phenoxy) is 2. The van der Waals surface area contributed by atoms with Gasteiger partial charge in [-0.1, -0.05) is 36.4 Å². The van der Waals surface area contributed by atoms with Gasteiger partial charge in [0.25, 0.3) is 5.91 Å². The fourth-order valence-corrected chi connectivity index (χ4v) is 5.45. The first-order valence-corrected chi connectivity index (χ1v) is 12.6. The third kappa shape index (κ3) is 5.02. The predicted molar refractivity (Wildman–Crippen MR) is 144 cm³/mol. The minimum atomic E-state index is -0.900. The molecule has 3 aromatic carbocycles. The number of halogens is 2. The molecule has 5 rings (SSSR count). The Bertz CT molecular complexity index is 1510. The van der Waals surface area contributed by atoms with Crippen LogP contribution < -0.4 is 20.1 Å². The number of allylic oxidation sites excluding steroid dienone is 3. The minimum absolute atomic E-state index is 0.0140. The van der Waals surface area contributed by atoms with Crippen molar-refractivity contribution in [3.05, 3.63) is 112 Å². The van der Waals surface area contributed by atoms with E-state index in [0.29, 0.717) is 40.8 Å². The van der Waals surface area contributed by atoms with Gasteiger partial charge in [0.05, 0.1) is 25.8 Å². The molecule has 1 aliphatic heterocycles. The molecule has 2 aliphatic rings. The zero-order valence-corrected chi connectivity index (χ0v) is 21.8. The normalized spacial score (nSPS) is 18.8. The number of carbonyl (C=O) groups is 2. The number of ketones is 1. The summed E-state index contributed by atoms with van der Waals surface area (Å²) in [5.74, 6) is -2.16. The van der Waals surface area contributed by atoms with Crippen molar-refractivity contribution in [2.24, 2.45) is 0 Å². The molecule has 0 bridgehead atoms. The van der Waals surface area contributed by atoms with E-state index in [1.807, 2.05) is 30.3 Å². The third-order valence-electron chi connectivity index (χ3n) is 7.27. The topological polar surface area (TPSA) is 76.7 Å². The molecule has 1 heterocycles. The van der Waals surface area contributed by atoms with Crippen LogP contribution in [0, 0.1) is 11.6 Å². The second-order valence-corrected chi connectivity index (χ2v) is 9.61. The van der Waals surface area contributed by atoms with Gasteiger partial charge >= 0.3 is 0 Å². The number of dihydropyridines is 1. The number of amides is 1. The van der Waals surface area contributed by atoms with Gasteiger partial charge in [0, 0.05) is 46.7 Å². The van der Waals surface area contributed by atoms with Crippen LogP contribution in [0.15, 0.2) is 89.3 Å². The lowest BCUT2D eigenvalue weighted by molar-refractivity contribution is -0.116. The molecule has 2 N–H and O–H groups in total. The van der Waals surface area contributed by atoms with Crippen molar-refractivity contribution in [2.75, 3.05) is 19.5 Å². The minimum Gasteiger partial charge on any atom is -0.497 e. The van der Waals surface area contributed by atoms with Crippen molar-refractivity contribution >= 4 is 17.4 Å². The highest BCUT2D eigenvalue weighted by molar-refractivity contribution is 6.10. The van der Waals surface area contributed by atoms with Gasteiger partial charge in [-0.25, -0.2) is 8.78 Å². The molecule has 39 heavy (non-hydrogen) atoms. The number of hydrogen-bond acceptors (Lipinski definition) is 5. The molecule has 1 aliphatic carbocycles. The molecule has 2 atom stereocenters. The van der Waals surface area contributed by atoms with Gasteiger partial charge in [0.15, 0.2) is 5.78 Å². The Labute approximate surface area is 225 Å². The van der Waals surface area contributed by atoms with Gasteiger partial charge in [0.1, 0.15) is 23.1 Å². The average Bonchev–Trinajstić information content (AvgIpc) is 2.93. The molecule has 3 aromatic rings. The van der Waals surface area contributed by atoms with Crippen LogP contribution in [-0.4, -0.2) is 25.9 Å². The summed E-state index contributed by atoms with van der Waals surface area (Å²) < 4.78 is 38.9. The molecule has 0 fully saturated rings. The lowest BCUT2D eigenvalue weighted by Crippen LogP contribution is -2.37. The molecule has 0 aromatic heterocycles. The number of hydrogen-bond donors (Lipinski definition) is 2. The zero-order valence-electron chi connectivity index (χ0n) is 21.8. The molecule has 0 saturated heterocycles. The van der Waals surface area contributed by atoms with Crippen molar-refractivity contribution < 1.29 is 27.8 Å². The summed E-state index contributed by atoms with van der Waals surface area (Å²) in [4.78, 5) is 27.5. The molecule has 8 heteroatoms. The van der Waals surface area contributed by atoms with Gasteiger partial charge in [-0.2, -0.15) is 0 Å². The standard InChI is InChI=1S/C31H28F2N2O4/c1-17-28(31(37)35-24-12-9-20(32)15-23(24)33)29(22-11-10-21(38-2)16-27(22)39-3)30-25(34-17)13-19(14-26(30)36)18-7-5-4-6-8-18/h4-12,15-16,19,29,34H,13-14H2,1-3H3,(H,35,37)/t19-,29+/m0/s1. The Morgan fingerprint density at radius 3 is 2.44 bits per heavy atom. The number of benzene rings is 3. The highest BCUT2D eigenvalue weighted by atomic mass is 19.1. The summed E-state index contributed by atoms with van der Waals surface area (Å²) in [6.45, 7) is 1.75. The lowest BCUT2D eigenvalue weighted by atomic mass is 9.71. The summed E-state index contributed by atoms with van der Waals surface area (Å²) in [5.41, 5.74) is 3.48. The Hall–Kier alpha value is -4.46. The first-order chi connectivity index (χ1) is 18.8. The summed E-state index contributed by atoms with van der Waals surface area (Å²) in [6.07, 6.45) is 0.860. The van der Waals surface area contributed by atoms with E-state index in [1.165, 1.54) is 20.3 Å². The van der Waals surface area contributed by atoms with Crippen LogP contribution in [0.3, 0.4) is 0 Å². The van der Waals surface area contributed by atoms with Gasteiger partial charge < -0.3 is 20.1 Å². The quantitative estimate of drug-likeness (QED) is 0.410. The van der Waals surface area contributed by atoms with E-state index in [-0.39, 0.29) is 29.4 Å². The van der Waals surface area contributed by atoms with Crippen LogP contribution >= 0.6 is 0 Å². The van der Waals surface area contributed by atoms with E-state index in [9.17, 15) is 18.4 Å². The Balaban J connectivity index is 1.62. The van der Waals surface area contributed by atoms with E-state index >= 15 is 0 Å². The molecule has 0 saturated carbocycles. The second kappa shape index (κ2) is 10.7. The fraction of sp³-hybridized carbons (Fsp3) is 0.226. The molecule has 1 amide bonds. The first-order valence-electron chi connectivity index (χ1n) is 12.6. The van der Waals surface area contributed by atoms with E-state index in [0.717, 1.165) is 17.3 Å². The average molecular weight is 531 g/mol. The maximum Gasteiger partial charge on any atom is 0.254 e. The van der Waals surface area contributed by atoms with E-state index in [4.69, 9.17) is 9.47 Å². The van der Waals surface area contributed by atoms with Crippen LogP contribution in [-0.2, 0) is 9.59 Å². The molecule has 6 nitrogen and oxygen atoms in total. The molecule has 0 spiro atoms.